The normalized spacial score (nSPS) is 19.7. The molecule has 3 heterocycles. The zero-order chi connectivity index (χ0) is 21.0. The fourth-order valence-electron chi connectivity index (χ4n) is 4.18. The van der Waals surface area contributed by atoms with Crippen molar-refractivity contribution in [3.63, 3.8) is 0 Å². The molecule has 152 valence electrons. The minimum Gasteiger partial charge on any atom is -0.373 e. The Balaban J connectivity index is 1.57. The summed E-state index contributed by atoms with van der Waals surface area (Å²) in [5.74, 6) is -2.35. The molecule has 0 saturated heterocycles. The van der Waals surface area contributed by atoms with Crippen molar-refractivity contribution in [3.8, 4) is 0 Å². The molecule has 6 nitrogen and oxygen atoms in total. The molecule has 1 aliphatic carbocycles. The van der Waals surface area contributed by atoms with Gasteiger partial charge in [-0.05, 0) is 35.2 Å². The summed E-state index contributed by atoms with van der Waals surface area (Å²) in [5.41, 5.74) is 2.92. The van der Waals surface area contributed by atoms with E-state index in [9.17, 15) is 18.4 Å². The van der Waals surface area contributed by atoms with Crippen molar-refractivity contribution in [2.75, 3.05) is 13.7 Å². The number of aromatic nitrogens is 1. The van der Waals surface area contributed by atoms with Gasteiger partial charge in [0.2, 0.25) is 5.91 Å². The number of fused-ring (bicyclic) bond motifs is 4. The molecule has 30 heavy (non-hydrogen) atoms. The van der Waals surface area contributed by atoms with E-state index in [-0.39, 0.29) is 29.9 Å². The number of amides is 1. The lowest BCUT2D eigenvalue weighted by molar-refractivity contribution is -0.130. The van der Waals surface area contributed by atoms with Gasteiger partial charge in [0.05, 0.1) is 30.3 Å². The maximum absolute atomic E-state index is 14.0. The summed E-state index contributed by atoms with van der Waals surface area (Å²) in [7, 11) is 1.64. The van der Waals surface area contributed by atoms with Gasteiger partial charge in [0.1, 0.15) is 0 Å². The Morgan fingerprint density at radius 2 is 1.97 bits per heavy atom. The van der Waals surface area contributed by atoms with Crippen molar-refractivity contribution in [1.82, 2.24) is 9.88 Å². The summed E-state index contributed by atoms with van der Waals surface area (Å²) in [4.78, 5) is 34.0. The average molecular weight is 409 g/mol. The highest BCUT2D eigenvalue weighted by Crippen LogP contribution is 2.35. The van der Waals surface area contributed by atoms with E-state index in [4.69, 9.17) is 4.74 Å². The van der Waals surface area contributed by atoms with E-state index in [2.05, 4.69) is 9.98 Å². The first-order valence-corrected chi connectivity index (χ1v) is 9.47. The number of likely N-dealkylation sites (N-methyl/N-ethyl adjacent to an activating group) is 1. The Labute approximate surface area is 169 Å². The summed E-state index contributed by atoms with van der Waals surface area (Å²) >= 11 is 0. The van der Waals surface area contributed by atoms with Crippen LogP contribution < -0.4 is 5.56 Å². The van der Waals surface area contributed by atoms with Gasteiger partial charge in [0.15, 0.2) is 11.6 Å². The minimum atomic E-state index is -1.09. The third-order valence-corrected chi connectivity index (χ3v) is 5.74. The van der Waals surface area contributed by atoms with Crippen LogP contribution >= 0.6 is 0 Å². The summed E-state index contributed by atoms with van der Waals surface area (Å²) in [6.07, 6.45) is 7.59. The number of allylic oxidation sites excluding steroid dienone is 4. The molecule has 1 aromatic carbocycles. The van der Waals surface area contributed by atoms with Crippen molar-refractivity contribution in [2.45, 2.75) is 19.1 Å². The number of nitrogens with one attached hydrogen (secondary N) is 1. The minimum absolute atomic E-state index is 0.0399. The van der Waals surface area contributed by atoms with Crippen LogP contribution in [-0.4, -0.2) is 35.7 Å². The maximum atomic E-state index is 14.0. The molecule has 8 heteroatoms. The van der Waals surface area contributed by atoms with E-state index in [1.807, 2.05) is 6.08 Å². The molecule has 1 aromatic heterocycles. The molecule has 0 saturated carbocycles. The molecule has 1 N–H and O–H groups in total. The molecule has 0 fully saturated rings. The van der Waals surface area contributed by atoms with Gasteiger partial charge in [-0.25, -0.2) is 8.78 Å². The van der Waals surface area contributed by atoms with E-state index in [1.165, 1.54) is 4.90 Å². The monoisotopic (exact) mass is 409 g/mol. The highest BCUT2D eigenvalue weighted by atomic mass is 19.2. The summed E-state index contributed by atoms with van der Waals surface area (Å²) in [5, 5.41) is 0.324. The Hall–Kier alpha value is -3.39. The molecule has 0 radical (unpaired) electrons. The van der Waals surface area contributed by atoms with Gasteiger partial charge >= 0.3 is 0 Å². The first-order chi connectivity index (χ1) is 14.4. The van der Waals surface area contributed by atoms with E-state index < -0.39 is 23.2 Å². The van der Waals surface area contributed by atoms with E-state index in [1.54, 1.807) is 25.4 Å². The number of hydrogen-bond donors (Lipinski definition) is 1. The van der Waals surface area contributed by atoms with Crippen LogP contribution in [0, 0.1) is 11.6 Å². The van der Waals surface area contributed by atoms with Gasteiger partial charge in [-0.1, -0.05) is 6.08 Å². The highest BCUT2D eigenvalue weighted by molar-refractivity contribution is 5.96. The second-order valence-electron chi connectivity index (χ2n) is 7.50. The molecule has 0 bridgehead atoms. The van der Waals surface area contributed by atoms with Crippen LogP contribution in [0.3, 0.4) is 0 Å². The largest absolute Gasteiger partial charge is 0.373 e. The van der Waals surface area contributed by atoms with Crippen molar-refractivity contribution in [3.05, 3.63) is 80.4 Å². The number of nitrogens with zero attached hydrogens (tertiary/aromatic N) is 2. The van der Waals surface area contributed by atoms with Gasteiger partial charge < -0.3 is 14.6 Å². The molecular formula is C22H17F2N3O3. The Morgan fingerprint density at radius 3 is 2.77 bits per heavy atom. The van der Waals surface area contributed by atoms with Crippen molar-refractivity contribution in [2.24, 2.45) is 4.99 Å². The van der Waals surface area contributed by atoms with Crippen LogP contribution in [0.4, 0.5) is 8.78 Å². The molecule has 1 atom stereocenters. The molecule has 5 rings (SSSR count). The third-order valence-electron chi connectivity index (χ3n) is 5.74. The molecule has 3 aliphatic rings. The lowest BCUT2D eigenvalue weighted by Gasteiger charge is -2.34. The Kier molecular flexibility index (Phi) is 4.25. The van der Waals surface area contributed by atoms with Crippen LogP contribution in [0.5, 0.6) is 0 Å². The highest BCUT2D eigenvalue weighted by Gasteiger charge is 2.32. The van der Waals surface area contributed by atoms with Crippen LogP contribution in [0.1, 0.15) is 23.7 Å². The number of rotatable bonds is 2. The first kappa shape index (κ1) is 18.6. The lowest BCUT2D eigenvalue weighted by Crippen LogP contribution is -2.38. The Morgan fingerprint density at radius 1 is 1.20 bits per heavy atom. The fourth-order valence-corrected chi connectivity index (χ4v) is 4.18. The van der Waals surface area contributed by atoms with Gasteiger partial charge in [-0.2, -0.15) is 0 Å². The molecule has 1 amide bonds. The smallest absolute Gasteiger partial charge is 0.256 e. The number of carbonyl (C=O) groups is 1. The topological polar surface area (TPSA) is 74.8 Å². The Bertz CT molecular complexity index is 1290. The van der Waals surface area contributed by atoms with Gasteiger partial charge in [0, 0.05) is 36.5 Å². The quantitative estimate of drug-likeness (QED) is 0.829. The number of H-pyrrole nitrogens is 1. The first-order valence-electron chi connectivity index (χ1n) is 9.47. The zero-order valence-electron chi connectivity index (χ0n) is 16.0. The second kappa shape index (κ2) is 6.84. The van der Waals surface area contributed by atoms with Crippen molar-refractivity contribution >= 4 is 22.9 Å². The summed E-state index contributed by atoms with van der Waals surface area (Å²) in [6.45, 7) is 0.298. The number of aliphatic imine (C=N–C) groups is 1. The van der Waals surface area contributed by atoms with Gasteiger partial charge in [0.25, 0.3) is 5.56 Å². The van der Waals surface area contributed by atoms with Crippen LogP contribution in [0.25, 0.3) is 10.8 Å². The number of pyridine rings is 1. The molecular weight excluding hydrogens is 392 g/mol. The predicted molar refractivity (Wildman–Crippen MR) is 107 cm³/mol. The lowest BCUT2D eigenvalue weighted by atomic mass is 9.93. The number of ether oxygens (including phenoxy) is 1. The zero-order valence-corrected chi connectivity index (χ0v) is 16.0. The van der Waals surface area contributed by atoms with Gasteiger partial charge in [-0.3, -0.25) is 14.6 Å². The predicted octanol–water partition coefficient (Wildman–Crippen LogP) is 3.06. The van der Waals surface area contributed by atoms with Crippen LogP contribution in [0.15, 0.2) is 57.0 Å². The van der Waals surface area contributed by atoms with E-state index in [0.717, 1.165) is 23.4 Å². The van der Waals surface area contributed by atoms with Crippen LogP contribution in [-0.2, 0) is 16.1 Å². The standard InChI is InChI=1S/C22H17F2N3O3/c1-27(22(29)12-2-3-17-11(6-12)4-5-25-17)19-10-30-9-18-20(19)13-7-15(23)16(24)8-14(13)21(28)26-18/h2-5,7-8,19H,6,9-10H2,1H3,(H,26,28)/t19-/m0/s1. The van der Waals surface area contributed by atoms with Crippen LogP contribution in [0.2, 0.25) is 0 Å². The number of carbonyl (C=O) groups excluding carboxylic acids is 1. The number of halogens is 2. The molecule has 0 unspecified atom stereocenters. The summed E-state index contributed by atoms with van der Waals surface area (Å²) < 4.78 is 33.4. The van der Waals surface area contributed by atoms with E-state index >= 15 is 0 Å². The SMILES string of the molecule is CN(C(=O)C1=CC=C2N=CC=C2C1)[C@H]1COCc2[nH]c(=O)c3cc(F)c(F)cc3c21. The average Bonchev–Trinajstić information content (AvgIpc) is 3.21. The van der Waals surface area contributed by atoms with Gasteiger partial charge in [-0.15, -0.1) is 0 Å². The molecule has 2 aromatic rings. The number of hydrogen-bond acceptors (Lipinski definition) is 4. The molecule has 0 spiro atoms. The summed E-state index contributed by atoms with van der Waals surface area (Å²) in [6, 6.07) is 1.34. The second-order valence-corrected chi connectivity index (χ2v) is 7.50. The number of benzene rings is 1. The fraction of sp³-hybridized carbons (Fsp3) is 0.227. The van der Waals surface area contributed by atoms with E-state index in [0.29, 0.717) is 23.3 Å². The maximum Gasteiger partial charge on any atom is 0.256 e. The number of aromatic amines is 1. The van der Waals surface area contributed by atoms with Crippen molar-refractivity contribution < 1.29 is 18.3 Å². The van der Waals surface area contributed by atoms with Crippen molar-refractivity contribution in [1.29, 1.82) is 0 Å². The third kappa shape index (κ3) is 2.83. The molecule has 2 aliphatic heterocycles.